The van der Waals surface area contributed by atoms with E-state index in [1.54, 1.807) is 0 Å². The number of hydrogen-bond donors (Lipinski definition) is 0. The quantitative estimate of drug-likeness (QED) is 0.435. The summed E-state index contributed by atoms with van der Waals surface area (Å²) >= 11 is 1.24. The van der Waals surface area contributed by atoms with E-state index in [1.807, 2.05) is 0 Å². The van der Waals surface area contributed by atoms with E-state index in [9.17, 15) is 9.18 Å². The summed E-state index contributed by atoms with van der Waals surface area (Å²) in [4.78, 5) is 17.3. The van der Waals surface area contributed by atoms with Crippen molar-refractivity contribution in [3.63, 3.8) is 0 Å². The van der Waals surface area contributed by atoms with Crippen molar-refractivity contribution in [2.24, 2.45) is 0 Å². The van der Waals surface area contributed by atoms with Crippen LogP contribution in [0.5, 0.6) is 0 Å². The molecule has 0 aliphatic rings. The zero-order valence-electron chi connectivity index (χ0n) is 8.16. The van der Waals surface area contributed by atoms with E-state index in [2.05, 4.69) is 21.8 Å². The Bertz CT molecular complexity index is 394. The maximum absolute atomic E-state index is 12.3. The molecule has 0 fully saturated rings. The van der Waals surface area contributed by atoms with Crippen molar-refractivity contribution in [2.75, 3.05) is 5.75 Å². The minimum Gasteiger partial charge on any atom is -0.288 e. The van der Waals surface area contributed by atoms with Gasteiger partial charge in [-0.25, -0.2) is 9.97 Å². The van der Waals surface area contributed by atoms with Gasteiger partial charge in [0.2, 0.25) is 0 Å². The standard InChI is InChI=1S/C10H9FN2OS/c1-8(14)15-5-3-2-4-9-6-12-10(11)13-7-9/h6-7H,3,5H2,1H3. The summed E-state index contributed by atoms with van der Waals surface area (Å²) in [5.41, 5.74) is 0.573. The predicted molar refractivity (Wildman–Crippen MR) is 56.6 cm³/mol. The van der Waals surface area contributed by atoms with Crippen LogP contribution in [0.2, 0.25) is 0 Å². The van der Waals surface area contributed by atoms with Crippen LogP contribution < -0.4 is 0 Å². The fourth-order valence-corrected chi connectivity index (χ4v) is 1.28. The third-order valence-corrected chi connectivity index (χ3v) is 2.20. The Kier molecular flexibility index (Phi) is 4.78. The number of rotatable bonds is 2. The minimum absolute atomic E-state index is 0.0851. The highest BCUT2D eigenvalue weighted by Crippen LogP contribution is 2.02. The molecule has 0 N–H and O–H groups in total. The van der Waals surface area contributed by atoms with Crippen LogP contribution >= 0.6 is 11.8 Å². The molecular weight excluding hydrogens is 215 g/mol. The fraction of sp³-hybridized carbons (Fsp3) is 0.300. The number of hydrogen-bond acceptors (Lipinski definition) is 4. The molecule has 0 spiro atoms. The van der Waals surface area contributed by atoms with Crippen LogP contribution in [0.1, 0.15) is 18.9 Å². The van der Waals surface area contributed by atoms with Gasteiger partial charge in [0.05, 0.1) is 5.56 Å². The molecule has 1 rings (SSSR count). The maximum Gasteiger partial charge on any atom is 0.308 e. The number of aromatic nitrogens is 2. The predicted octanol–water partition coefficient (Wildman–Crippen LogP) is 1.64. The van der Waals surface area contributed by atoms with Crippen LogP contribution in [0.4, 0.5) is 4.39 Å². The Labute approximate surface area is 91.5 Å². The Morgan fingerprint density at radius 1 is 1.53 bits per heavy atom. The molecule has 0 aromatic carbocycles. The SMILES string of the molecule is CC(=O)SCCC#Cc1cnc(F)nc1. The summed E-state index contributed by atoms with van der Waals surface area (Å²) in [7, 11) is 0. The van der Waals surface area contributed by atoms with E-state index in [0.717, 1.165) is 0 Å². The fourth-order valence-electron chi connectivity index (χ4n) is 0.787. The van der Waals surface area contributed by atoms with Gasteiger partial charge in [-0.05, 0) is 0 Å². The number of thioether (sulfide) groups is 1. The lowest BCUT2D eigenvalue weighted by Gasteiger charge is -1.89. The Hall–Kier alpha value is -1.41. The highest BCUT2D eigenvalue weighted by molar-refractivity contribution is 8.13. The Morgan fingerprint density at radius 2 is 2.20 bits per heavy atom. The molecule has 1 heterocycles. The number of carbonyl (C=O) groups is 1. The minimum atomic E-state index is -0.757. The van der Waals surface area contributed by atoms with E-state index in [0.29, 0.717) is 17.7 Å². The highest BCUT2D eigenvalue weighted by Gasteiger charge is 1.92. The van der Waals surface area contributed by atoms with Gasteiger partial charge < -0.3 is 0 Å². The first-order chi connectivity index (χ1) is 7.18. The molecule has 0 radical (unpaired) electrons. The molecule has 0 saturated heterocycles. The van der Waals surface area contributed by atoms with Gasteiger partial charge in [-0.2, -0.15) is 4.39 Å². The van der Waals surface area contributed by atoms with Gasteiger partial charge in [-0.3, -0.25) is 4.79 Å². The molecule has 5 heteroatoms. The molecule has 0 amide bonds. The lowest BCUT2D eigenvalue weighted by molar-refractivity contribution is -0.109. The first-order valence-corrected chi connectivity index (χ1v) is 5.27. The van der Waals surface area contributed by atoms with E-state index in [4.69, 9.17) is 0 Å². The second kappa shape index (κ2) is 6.14. The zero-order chi connectivity index (χ0) is 11.1. The second-order valence-corrected chi connectivity index (χ2v) is 3.90. The molecule has 0 unspecified atom stereocenters. The third kappa shape index (κ3) is 5.13. The van der Waals surface area contributed by atoms with Gasteiger partial charge in [0.1, 0.15) is 0 Å². The average Bonchev–Trinajstić information content (AvgIpc) is 2.20. The molecule has 0 bridgehead atoms. The number of nitrogens with zero attached hydrogens (tertiary/aromatic N) is 2. The first-order valence-electron chi connectivity index (χ1n) is 4.28. The number of carbonyl (C=O) groups excluding carboxylic acids is 1. The largest absolute Gasteiger partial charge is 0.308 e. The lowest BCUT2D eigenvalue weighted by Crippen LogP contribution is -1.88. The second-order valence-electron chi connectivity index (χ2n) is 2.63. The summed E-state index contributed by atoms with van der Waals surface area (Å²) in [5.74, 6) is 6.30. The normalized spacial score (nSPS) is 9.20. The molecule has 3 nitrogen and oxygen atoms in total. The molecule has 78 valence electrons. The van der Waals surface area contributed by atoms with Crippen molar-refractivity contribution in [1.82, 2.24) is 9.97 Å². The van der Waals surface area contributed by atoms with Crippen molar-refractivity contribution in [3.05, 3.63) is 24.0 Å². The van der Waals surface area contributed by atoms with Crippen LogP contribution in [0.25, 0.3) is 0 Å². The topological polar surface area (TPSA) is 42.9 Å². The van der Waals surface area contributed by atoms with Crippen LogP contribution in [0.3, 0.4) is 0 Å². The summed E-state index contributed by atoms with van der Waals surface area (Å²) in [6.07, 6.45) is 2.51. The van der Waals surface area contributed by atoms with Gasteiger partial charge in [0.15, 0.2) is 5.12 Å². The summed E-state index contributed by atoms with van der Waals surface area (Å²) < 4.78 is 12.3. The molecule has 1 aromatic heterocycles. The van der Waals surface area contributed by atoms with E-state index in [1.165, 1.54) is 31.1 Å². The van der Waals surface area contributed by atoms with Gasteiger partial charge in [-0.15, -0.1) is 0 Å². The van der Waals surface area contributed by atoms with Crippen molar-refractivity contribution in [3.8, 4) is 11.8 Å². The molecular formula is C10H9FN2OS. The lowest BCUT2D eigenvalue weighted by atomic mass is 10.3. The molecule has 1 aromatic rings. The molecule has 0 atom stereocenters. The van der Waals surface area contributed by atoms with Crippen LogP contribution in [-0.2, 0) is 4.79 Å². The Morgan fingerprint density at radius 3 is 2.80 bits per heavy atom. The maximum atomic E-state index is 12.3. The first kappa shape index (κ1) is 11.7. The third-order valence-electron chi connectivity index (χ3n) is 1.39. The van der Waals surface area contributed by atoms with Crippen molar-refractivity contribution in [2.45, 2.75) is 13.3 Å². The van der Waals surface area contributed by atoms with Crippen LogP contribution in [-0.4, -0.2) is 20.8 Å². The average molecular weight is 224 g/mol. The van der Waals surface area contributed by atoms with E-state index >= 15 is 0 Å². The highest BCUT2D eigenvalue weighted by atomic mass is 32.2. The zero-order valence-corrected chi connectivity index (χ0v) is 8.97. The van der Waals surface area contributed by atoms with E-state index < -0.39 is 6.08 Å². The van der Waals surface area contributed by atoms with Gasteiger partial charge in [0, 0.05) is 31.5 Å². The summed E-state index contributed by atoms with van der Waals surface area (Å²) in [5, 5.41) is 0.0851. The van der Waals surface area contributed by atoms with Gasteiger partial charge in [0.25, 0.3) is 0 Å². The van der Waals surface area contributed by atoms with Crippen molar-refractivity contribution < 1.29 is 9.18 Å². The molecule has 0 aliphatic heterocycles. The van der Waals surface area contributed by atoms with Crippen molar-refractivity contribution >= 4 is 16.9 Å². The monoisotopic (exact) mass is 224 g/mol. The molecule has 0 saturated carbocycles. The van der Waals surface area contributed by atoms with Gasteiger partial charge >= 0.3 is 6.08 Å². The summed E-state index contributed by atoms with van der Waals surface area (Å²) in [6.45, 7) is 1.52. The molecule has 15 heavy (non-hydrogen) atoms. The smallest absolute Gasteiger partial charge is 0.288 e. The number of halogens is 1. The van der Waals surface area contributed by atoms with Crippen LogP contribution in [0.15, 0.2) is 12.4 Å². The summed E-state index contributed by atoms with van der Waals surface area (Å²) in [6, 6.07) is 0. The van der Waals surface area contributed by atoms with Crippen molar-refractivity contribution in [1.29, 1.82) is 0 Å². The van der Waals surface area contributed by atoms with E-state index in [-0.39, 0.29) is 5.12 Å². The van der Waals surface area contributed by atoms with Gasteiger partial charge in [-0.1, -0.05) is 23.6 Å². The Balaban J connectivity index is 2.38. The van der Waals surface area contributed by atoms with Crippen LogP contribution in [0, 0.1) is 17.9 Å². The molecule has 0 aliphatic carbocycles.